The van der Waals surface area contributed by atoms with Gasteiger partial charge in [-0.25, -0.2) is 10.9 Å². The lowest BCUT2D eigenvalue weighted by Crippen LogP contribution is -1.84. The predicted molar refractivity (Wildman–Crippen MR) is 45.3 cm³/mol. The van der Waals surface area contributed by atoms with Crippen LogP contribution in [-0.2, 0) is 5.75 Å². The Labute approximate surface area is 67.1 Å². The maximum absolute atomic E-state index is 4.63. The lowest BCUT2D eigenvalue weighted by atomic mass is 10.6. The van der Waals surface area contributed by atoms with Crippen molar-refractivity contribution < 1.29 is 4.52 Å². The molecular weight excluding hydrogens is 160 g/mol. The van der Waals surface area contributed by atoms with Crippen molar-refractivity contribution in [3.63, 3.8) is 0 Å². The normalized spacial score (nSPS) is 18.0. The number of rotatable bonds is 2. The molecule has 1 aliphatic rings. The highest BCUT2D eigenvalue weighted by molar-refractivity contribution is 8.21. The van der Waals surface area contributed by atoms with Crippen molar-refractivity contribution in [2.75, 3.05) is 0 Å². The van der Waals surface area contributed by atoms with E-state index in [-0.39, 0.29) is 10.9 Å². The molecule has 1 aromatic rings. The zero-order valence-corrected chi connectivity index (χ0v) is 6.74. The van der Waals surface area contributed by atoms with E-state index >= 15 is 0 Å². The third-order valence-corrected chi connectivity index (χ3v) is 3.16. The van der Waals surface area contributed by atoms with E-state index in [9.17, 15) is 0 Å². The van der Waals surface area contributed by atoms with Crippen LogP contribution >= 0.6 is 10.9 Å². The van der Waals surface area contributed by atoms with Crippen LogP contribution in [0.1, 0.15) is 5.82 Å². The summed E-state index contributed by atoms with van der Waals surface area (Å²) in [6, 6.07) is 0. The fraction of sp³-hybridized carbons (Fsp3) is 0.143. The minimum atomic E-state index is -0.142. The highest BCUT2D eigenvalue weighted by Gasteiger charge is 2.03. The van der Waals surface area contributed by atoms with Gasteiger partial charge in [0, 0.05) is 5.75 Å². The number of thiol groups is 1. The molecule has 11 heavy (non-hydrogen) atoms. The second-order valence-electron chi connectivity index (χ2n) is 2.20. The van der Waals surface area contributed by atoms with E-state index in [2.05, 4.69) is 37.6 Å². The molecule has 0 aromatic carbocycles. The van der Waals surface area contributed by atoms with Crippen LogP contribution in [0.3, 0.4) is 0 Å². The molecule has 58 valence electrons. The molecule has 0 unspecified atom stereocenters. The molecule has 3 nitrogen and oxygen atoms in total. The van der Waals surface area contributed by atoms with Crippen LogP contribution in [0.5, 0.6) is 0 Å². The number of aromatic nitrogens is 2. The molecule has 0 saturated carbocycles. The van der Waals surface area contributed by atoms with Gasteiger partial charge in [-0.3, -0.25) is 0 Å². The van der Waals surface area contributed by atoms with Gasteiger partial charge in [-0.05, 0) is 10.8 Å². The van der Waals surface area contributed by atoms with Gasteiger partial charge in [0.1, 0.15) is 0 Å². The van der Waals surface area contributed by atoms with E-state index in [0.29, 0.717) is 0 Å². The zero-order valence-electron chi connectivity index (χ0n) is 5.84. The second kappa shape index (κ2) is 2.92. The molecule has 0 N–H and O–H groups in total. The second-order valence-corrected chi connectivity index (χ2v) is 4.14. The van der Waals surface area contributed by atoms with Gasteiger partial charge < -0.3 is 4.52 Å². The minimum absolute atomic E-state index is 0.142. The molecule has 0 fully saturated rings. The monoisotopic (exact) mass is 168 g/mol. The summed E-state index contributed by atoms with van der Waals surface area (Å²) in [5.41, 5.74) is 0. The van der Waals surface area contributed by atoms with Crippen LogP contribution < -0.4 is 0 Å². The molecule has 0 saturated heterocycles. The number of nitrogens with zero attached hydrogens (tertiary/aromatic N) is 2. The molecule has 0 radical (unpaired) electrons. The minimum Gasteiger partial charge on any atom is -0.343 e. The summed E-state index contributed by atoms with van der Waals surface area (Å²) in [7, 11) is -0.142. The number of hydrogen-bond acceptors (Lipinski definition) is 3. The van der Waals surface area contributed by atoms with Crippen LogP contribution in [-0.4, -0.2) is 10.1 Å². The van der Waals surface area contributed by atoms with Crippen molar-refractivity contribution in [3.8, 4) is 0 Å². The van der Waals surface area contributed by atoms with Crippen LogP contribution in [0.2, 0.25) is 0 Å². The summed E-state index contributed by atoms with van der Waals surface area (Å²) in [6.45, 7) is 0. The Hall–Kier alpha value is -1.03. The van der Waals surface area contributed by atoms with Gasteiger partial charge >= 0.3 is 0 Å². The van der Waals surface area contributed by atoms with Crippen molar-refractivity contribution >= 4 is 10.9 Å². The molecule has 1 aliphatic heterocycles. The first-order valence-electron chi connectivity index (χ1n) is 3.31. The van der Waals surface area contributed by atoms with Crippen LogP contribution in [0.4, 0.5) is 0 Å². The van der Waals surface area contributed by atoms with Crippen molar-refractivity contribution in [1.82, 2.24) is 10.1 Å². The molecule has 0 atom stereocenters. The molecule has 0 bridgehead atoms. The highest BCUT2D eigenvalue weighted by Crippen LogP contribution is 2.35. The third-order valence-electron chi connectivity index (χ3n) is 1.40. The molecule has 1 aromatic heterocycles. The first-order chi connectivity index (χ1) is 5.45. The topological polar surface area (TPSA) is 38.9 Å². The Balaban J connectivity index is 2.01. The summed E-state index contributed by atoms with van der Waals surface area (Å²) in [6.07, 6.45) is 5.49. The maximum atomic E-state index is 4.63. The van der Waals surface area contributed by atoms with Crippen molar-refractivity contribution in [2.45, 2.75) is 5.75 Å². The van der Waals surface area contributed by atoms with Gasteiger partial charge in [-0.15, -0.1) is 0 Å². The third kappa shape index (κ3) is 1.51. The summed E-state index contributed by atoms with van der Waals surface area (Å²) in [5, 5.41) is 8.11. The highest BCUT2D eigenvalue weighted by atomic mass is 32.2. The van der Waals surface area contributed by atoms with Gasteiger partial charge in [0.15, 0.2) is 5.82 Å². The Morgan fingerprint density at radius 2 is 2.18 bits per heavy atom. The van der Waals surface area contributed by atoms with E-state index in [1.54, 1.807) is 0 Å². The number of allylic oxidation sites excluding steroid dienone is 2. The summed E-state index contributed by atoms with van der Waals surface area (Å²) >= 11 is 0. The molecule has 0 spiro atoms. The fourth-order valence-electron chi connectivity index (χ4n) is 0.901. The first kappa shape index (κ1) is 6.67. The van der Waals surface area contributed by atoms with Crippen molar-refractivity contribution in [2.24, 2.45) is 0 Å². The Bertz CT molecular complexity index is 267. The molecular formula is C7H8N2OS. The summed E-state index contributed by atoms with van der Waals surface area (Å²) in [4.78, 5) is 3.95. The van der Waals surface area contributed by atoms with E-state index in [1.165, 1.54) is 6.39 Å². The Morgan fingerprint density at radius 1 is 1.36 bits per heavy atom. The lowest BCUT2D eigenvalue weighted by molar-refractivity contribution is 0.412. The number of hydrogen-bond donors (Lipinski definition) is 1. The maximum Gasteiger partial charge on any atom is 0.213 e. The predicted octanol–water partition coefficient (Wildman–Crippen LogP) is 1.61. The van der Waals surface area contributed by atoms with E-state index in [1.807, 2.05) is 0 Å². The fourth-order valence-corrected chi connectivity index (χ4v) is 2.32. The van der Waals surface area contributed by atoms with Gasteiger partial charge in [0.05, 0.1) is 0 Å². The SMILES string of the molecule is C1=C[SH](Cc2ncon2)C=C1. The molecule has 0 aliphatic carbocycles. The van der Waals surface area contributed by atoms with Crippen molar-refractivity contribution in [3.05, 3.63) is 35.2 Å². The van der Waals surface area contributed by atoms with Crippen LogP contribution in [0, 0.1) is 0 Å². The van der Waals surface area contributed by atoms with Gasteiger partial charge in [-0.1, -0.05) is 17.3 Å². The Kier molecular flexibility index (Phi) is 1.77. The smallest absolute Gasteiger partial charge is 0.213 e. The average Bonchev–Trinajstić information content (AvgIpc) is 2.60. The molecule has 4 heteroatoms. The van der Waals surface area contributed by atoms with Crippen LogP contribution in [0.25, 0.3) is 0 Å². The molecule has 2 rings (SSSR count). The zero-order chi connectivity index (χ0) is 7.52. The van der Waals surface area contributed by atoms with E-state index < -0.39 is 0 Å². The Morgan fingerprint density at radius 3 is 2.82 bits per heavy atom. The van der Waals surface area contributed by atoms with Gasteiger partial charge in [0.2, 0.25) is 6.39 Å². The largest absolute Gasteiger partial charge is 0.343 e. The van der Waals surface area contributed by atoms with Gasteiger partial charge in [0.25, 0.3) is 0 Å². The molecule has 0 amide bonds. The van der Waals surface area contributed by atoms with Crippen LogP contribution in [0.15, 0.2) is 33.9 Å². The first-order valence-corrected chi connectivity index (χ1v) is 4.98. The van der Waals surface area contributed by atoms with Gasteiger partial charge in [-0.2, -0.15) is 4.98 Å². The average molecular weight is 168 g/mol. The summed E-state index contributed by atoms with van der Waals surface area (Å²) in [5.74, 6) is 1.70. The quantitative estimate of drug-likeness (QED) is 0.682. The summed E-state index contributed by atoms with van der Waals surface area (Å²) < 4.78 is 4.63. The lowest BCUT2D eigenvalue weighted by Gasteiger charge is -2.03. The molecule has 2 heterocycles. The standard InChI is InChI=1S/C7H8N2OS/c1-2-4-11(3-1)5-7-8-6-10-9-7/h1-4,6,11H,5H2. The van der Waals surface area contributed by atoms with Crippen molar-refractivity contribution in [1.29, 1.82) is 0 Å². The van der Waals surface area contributed by atoms with E-state index in [4.69, 9.17) is 0 Å². The van der Waals surface area contributed by atoms with E-state index in [0.717, 1.165) is 11.6 Å².